The fourth-order valence-electron chi connectivity index (χ4n) is 2.49. The fourth-order valence-corrected chi connectivity index (χ4v) is 3.12. The Kier molecular flexibility index (Phi) is 9.80. The van der Waals surface area contributed by atoms with E-state index in [4.69, 9.17) is 20.9 Å². The third-order valence-corrected chi connectivity index (χ3v) is 4.85. The van der Waals surface area contributed by atoms with Crippen LogP contribution in [-0.2, 0) is 15.7 Å². The second-order valence-corrected chi connectivity index (χ2v) is 8.03. The van der Waals surface area contributed by atoms with Gasteiger partial charge < -0.3 is 9.26 Å². The van der Waals surface area contributed by atoms with Gasteiger partial charge in [0.1, 0.15) is 17.4 Å². The van der Waals surface area contributed by atoms with Crippen molar-refractivity contribution in [3.8, 4) is 5.75 Å². The largest absolute Gasteiger partial charge is 0.524 e. The van der Waals surface area contributed by atoms with Crippen LogP contribution in [0.1, 0.15) is 49.5 Å². The van der Waals surface area contributed by atoms with Crippen molar-refractivity contribution < 1.29 is 28.4 Å². The van der Waals surface area contributed by atoms with Gasteiger partial charge in [0, 0.05) is 30.6 Å². The molecule has 7 nitrogen and oxygen atoms in total. The van der Waals surface area contributed by atoms with Gasteiger partial charge in [-0.25, -0.2) is 9.36 Å². The molecule has 0 saturated heterocycles. The molecule has 1 aromatic carbocycles. The van der Waals surface area contributed by atoms with Crippen LogP contribution in [0.25, 0.3) is 0 Å². The molecular formula is C20H27ClNO6P. The Morgan fingerprint density at radius 1 is 1.41 bits per heavy atom. The van der Waals surface area contributed by atoms with Crippen molar-refractivity contribution >= 4 is 31.1 Å². The second-order valence-electron chi connectivity index (χ2n) is 6.46. The zero-order chi connectivity index (χ0) is 22.2. The Morgan fingerprint density at radius 3 is 2.59 bits per heavy atom. The number of allylic oxidation sites excluding steroid dienone is 2. The number of esters is 1. The zero-order valence-electron chi connectivity index (χ0n) is 17.0. The lowest BCUT2D eigenvalue weighted by Crippen LogP contribution is -2.18. The molecule has 0 amide bonds. The predicted octanol–water partition coefficient (Wildman–Crippen LogP) is 4.90. The lowest BCUT2D eigenvalue weighted by Gasteiger charge is -2.18. The molecule has 29 heavy (non-hydrogen) atoms. The van der Waals surface area contributed by atoms with E-state index >= 15 is 0 Å². The summed E-state index contributed by atoms with van der Waals surface area (Å²) in [6, 6.07) is 2.64. The number of hydrogen-bond acceptors (Lipinski definition) is 5. The summed E-state index contributed by atoms with van der Waals surface area (Å²) >= 11 is 6.34. The van der Waals surface area contributed by atoms with Crippen LogP contribution < -0.4 is 4.52 Å². The first-order valence-corrected chi connectivity index (χ1v) is 10.9. The van der Waals surface area contributed by atoms with Crippen molar-refractivity contribution in [2.24, 2.45) is 4.99 Å². The smallest absolute Gasteiger partial charge is 0.459 e. The van der Waals surface area contributed by atoms with Crippen molar-refractivity contribution in [2.45, 2.75) is 46.1 Å². The number of carbonyl (C=O) groups is 1. The van der Waals surface area contributed by atoms with Crippen LogP contribution in [0.3, 0.4) is 0 Å². The molecule has 0 radical (unpaired) electrons. The molecule has 9 heteroatoms. The fraction of sp³-hybridized carbons (Fsp3) is 0.400. The molecule has 0 aliphatic heterocycles. The molecule has 160 valence electrons. The van der Waals surface area contributed by atoms with E-state index in [2.05, 4.69) is 11.6 Å². The number of ether oxygens (including phenoxy) is 1. The Hall–Kier alpha value is -1.92. The number of halogens is 1. The maximum atomic E-state index is 12.9. The summed E-state index contributed by atoms with van der Waals surface area (Å²) in [6.07, 6.45) is 4.38. The lowest BCUT2D eigenvalue weighted by molar-refractivity contribution is 0.0345. The second kappa shape index (κ2) is 11.3. The van der Waals surface area contributed by atoms with Crippen LogP contribution in [0.4, 0.5) is 0 Å². The van der Waals surface area contributed by atoms with Crippen LogP contribution >= 0.6 is 19.4 Å². The molecule has 0 aromatic heterocycles. The molecule has 1 aromatic rings. The van der Waals surface area contributed by atoms with E-state index in [-0.39, 0.29) is 22.8 Å². The number of carbonyl (C=O) groups excluding carboxylic acids is 1. The van der Waals surface area contributed by atoms with Crippen molar-refractivity contribution in [1.29, 1.82) is 0 Å². The van der Waals surface area contributed by atoms with Crippen LogP contribution in [0.2, 0.25) is 5.02 Å². The summed E-state index contributed by atoms with van der Waals surface area (Å²) in [4.78, 5) is 35.6. The molecule has 2 N–H and O–H groups in total. The minimum Gasteiger partial charge on any atom is -0.459 e. The average molecular weight is 444 g/mol. The molecule has 0 fully saturated rings. The Labute approximate surface area is 176 Å². The van der Waals surface area contributed by atoms with Crippen LogP contribution in [0.5, 0.6) is 5.75 Å². The van der Waals surface area contributed by atoms with Gasteiger partial charge in [0.25, 0.3) is 0 Å². The molecule has 0 aliphatic rings. The van der Waals surface area contributed by atoms with Gasteiger partial charge in [-0.2, -0.15) is 0 Å². The van der Waals surface area contributed by atoms with E-state index in [1.54, 1.807) is 20.0 Å². The molecule has 1 rings (SSSR count). The van der Waals surface area contributed by atoms with Crippen LogP contribution in [-0.4, -0.2) is 34.6 Å². The number of nitrogens with zero attached hydrogens (tertiary/aromatic N) is 1. The molecule has 0 heterocycles. The van der Waals surface area contributed by atoms with Crippen molar-refractivity contribution in [1.82, 2.24) is 0 Å². The number of benzene rings is 1. The number of rotatable bonds is 10. The van der Waals surface area contributed by atoms with Gasteiger partial charge in [-0.05, 0) is 44.0 Å². The Morgan fingerprint density at radius 2 is 2.07 bits per heavy atom. The summed E-state index contributed by atoms with van der Waals surface area (Å²) in [5, 5.41) is 0.232. The molecule has 0 spiro atoms. The summed E-state index contributed by atoms with van der Waals surface area (Å²) < 4.78 is 21.5. The van der Waals surface area contributed by atoms with Gasteiger partial charge in [-0.3, -0.25) is 14.8 Å². The molecule has 0 saturated carbocycles. The molecule has 0 bridgehead atoms. The van der Waals surface area contributed by atoms with E-state index in [9.17, 15) is 19.1 Å². The maximum absolute atomic E-state index is 12.9. The van der Waals surface area contributed by atoms with Gasteiger partial charge in [0.05, 0.1) is 0 Å². The SMILES string of the molecule is C=CC[C@@H](C)OC(=O)c1c(OP(=O)(O)O)ccc(Cl)c1CC(/C=C(\C)CC)=NC. The highest BCUT2D eigenvalue weighted by Gasteiger charge is 2.27. The van der Waals surface area contributed by atoms with Crippen molar-refractivity contribution in [3.05, 3.63) is 52.6 Å². The summed E-state index contributed by atoms with van der Waals surface area (Å²) in [7, 11) is -3.30. The predicted molar refractivity (Wildman–Crippen MR) is 115 cm³/mol. The normalized spacial score (nSPS) is 13.8. The molecule has 0 aliphatic carbocycles. The van der Waals surface area contributed by atoms with Gasteiger partial charge in [0.2, 0.25) is 0 Å². The Bertz CT molecular complexity index is 859. The van der Waals surface area contributed by atoms with Crippen LogP contribution in [0, 0.1) is 0 Å². The number of phosphoric ester groups is 1. The summed E-state index contributed by atoms with van der Waals surface area (Å²) in [5.41, 5.74) is 1.90. The quantitative estimate of drug-likeness (QED) is 0.230. The van der Waals surface area contributed by atoms with Gasteiger partial charge >= 0.3 is 13.8 Å². The van der Waals surface area contributed by atoms with E-state index in [0.29, 0.717) is 17.7 Å². The summed E-state index contributed by atoms with van der Waals surface area (Å²) in [5.74, 6) is -1.10. The van der Waals surface area contributed by atoms with Crippen molar-refractivity contribution in [3.63, 3.8) is 0 Å². The average Bonchev–Trinajstić information content (AvgIpc) is 2.62. The highest BCUT2D eigenvalue weighted by atomic mass is 35.5. The standard InChI is InChI=1S/C20H27ClNO6P/c1-6-8-14(4)27-20(23)19-16(12-15(22-5)11-13(3)7-2)17(21)9-10-18(19)28-29(24,25)26/h6,9-11,14H,1,7-8,12H2,2-5H3,(H2,24,25,26)/b13-11+,22-15?/t14-/m1/s1. The maximum Gasteiger partial charge on any atom is 0.524 e. The first-order chi connectivity index (χ1) is 13.5. The van der Waals surface area contributed by atoms with E-state index in [1.165, 1.54) is 12.1 Å². The third kappa shape index (κ3) is 8.15. The molecule has 1 atom stereocenters. The minimum absolute atomic E-state index is 0.138. The number of aliphatic imine (C=N–C) groups is 1. The highest BCUT2D eigenvalue weighted by molar-refractivity contribution is 7.46. The van der Waals surface area contributed by atoms with Crippen molar-refractivity contribution in [2.75, 3.05) is 7.05 Å². The van der Waals surface area contributed by atoms with Gasteiger partial charge in [-0.15, -0.1) is 6.58 Å². The lowest BCUT2D eigenvalue weighted by atomic mass is 9.99. The van der Waals surface area contributed by atoms with Gasteiger partial charge in [0.15, 0.2) is 0 Å². The minimum atomic E-state index is -4.91. The monoisotopic (exact) mass is 443 g/mol. The Balaban J connectivity index is 3.52. The van der Waals surface area contributed by atoms with E-state index in [1.807, 2.05) is 19.9 Å². The number of hydrogen-bond donors (Lipinski definition) is 2. The first kappa shape index (κ1) is 25.1. The first-order valence-electron chi connectivity index (χ1n) is 9.03. The van der Waals surface area contributed by atoms with E-state index < -0.39 is 19.9 Å². The highest BCUT2D eigenvalue weighted by Crippen LogP contribution is 2.41. The number of phosphoric acid groups is 1. The topological polar surface area (TPSA) is 105 Å². The third-order valence-electron chi connectivity index (χ3n) is 4.06. The van der Waals surface area contributed by atoms with E-state index in [0.717, 1.165) is 12.0 Å². The van der Waals surface area contributed by atoms with Gasteiger partial charge in [-0.1, -0.05) is 30.2 Å². The zero-order valence-corrected chi connectivity index (χ0v) is 18.7. The van der Waals surface area contributed by atoms with Crippen LogP contribution in [0.15, 0.2) is 41.4 Å². The molecule has 0 unspecified atom stereocenters. The molecular weight excluding hydrogens is 417 g/mol. The summed E-state index contributed by atoms with van der Waals surface area (Å²) in [6.45, 7) is 9.24.